The van der Waals surface area contributed by atoms with Crippen molar-refractivity contribution in [3.63, 3.8) is 0 Å². The number of hydrogen-bond donors (Lipinski definition) is 0. The number of carbonyl (C=O) groups is 2. The molecule has 4 rings (SSSR count). The summed E-state index contributed by atoms with van der Waals surface area (Å²) in [5, 5.41) is 21.9. The van der Waals surface area contributed by atoms with E-state index in [4.69, 9.17) is 9.47 Å². The molecule has 0 saturated carbocycles. The standard InChI is InChI=1S/C32H24N2O8/c35-31(25-11-15-29(16-12-25)33(37)38)41-21-27(19-23-7-3-1-4-8-23)28(20-24-9-5-2-6-10-24)22-42-32(36)26-13-17-30(18-14-26)34(39)40/h1-20H,21-22H2/b27-19-,28-20-. The van der Waals surface area contributed by atoms with Gasteiger partial charge in [-0.15, -0.1) is 0 Å². The number of carbonyl (C=O) groups excluding carboxylic acids is 2. The first-order chi connectivity index (χ1) is 20.3. The van der Waals surface area contributed by atoms with Gasteiger partial charge in [0.2, 0.25) is 0 Å². The van der Waals surface area contributed by atoms with Crippen LogP contribution >= 0.6 is 0 Å². The molecule has 0 spiro atoms. The summed E-state index contributed by atoms with van der Waals surface area (Å²) in [5.41, 5.74) is 2.65. The van der Waals surface area contributed by atoms with Gasteiger partial charge in [-0.25, -0.2) is 9.59 Å². The molecule has 210 valence electrons. The molecular weight excluding hydrogens is 540 g/mol. The van der Waals surface area contributed by atoms with Gasteiger partial charge in [-0.05, 0) is 58.7 Å². The van der Waals surface area contributed by atoms with E-state index in [0.717, 1.165) is 11.1 Å². The van der Waals surface area contributed by atoms with Gasteiger partial charge in [-0.2, -0.15) is 0 Å². The highest BCUT2D eigenvalue weighted by molar-refractivity contribution is 5.90. The van der Waals surface area contributed by atoms with Gasteiger partial charge in [0, 0.05) is 24.3 Å². The zero-order chi connectivity index (χ0) is 29.9. The zero-order valence-electron chi connectivity index (χ0n) is 22.1. The Kier molecular flexibility index (Phi) is 9.66. The van der Waals surface area contributed by atoms with Gasteiger partial charge in [0.05, 0.1) is 21.0 Å². The van der Waals surface area contributed by atoms with Crippen molar-refractivity contribution in [2.75, 3.05) is 13.2 Å². The topological polar surface area (TPSA) is 139 Å². The molecule has 0 amide bonds. The van der Waals surface area contributed by atoms with Crippen molar-refractivity contribution in [3.05, 3.63) is 163 Å². The number of nitrogens with zero attached hydrogens (tertiary/aromatic N) is 2. The molecule has 0 radical (unpaired) electrons. The molecule has 0 aliphatic carbocycles. The Morgan fingerprint density at radius 3 is 1.19 bits per heavy atom. The summed E-state index contributed by atoms with van der Waals surface area (Å²) in [7, 11) is 0. The lowest BCUT2D eigenvalue weighted by Crippen LogP contribution is -2.14. The fourth-order valence-corrected chi connectivity index (χ4v) is 3.85. The van der Waals surface area contributed by atoms with Crippen LogP contribution in [0.3, 0.4) is 0 Å². The van der Waals surface area contributed by atoms with E-state index in [9.17, 15) is 29.8 Å². The molecule has 0 bridgehead atoms. The molecule has 0 unspecified atom stereocenters. The molecule has 0 aliphatic heterocycles. The third kappa shape index (κ3) is 8.06. The molecule has 4 aromatic rings. The van der Waals surface area contributed by atoms with Crippen LogP contribution in [0.2, 0.25) is 0 Å². The molecule has 0 fully saturated rings. The maximum absolute atomic E-state index is 12.8. The molecule has 0 N–H and O–H groups in total. The zero-order valence-corrected chi connectivity index (χ0v) is 22.1. The van der Waals surface area contributed by atoms with Crippen molar-refractivity contribution < 1.29 is 28.9 Å². The van der Waals surface area contributed by atoms with Crippen LogP contribution in [-0.4, -0.2) is 35.0 Å². The Labute approximate surface area is 240 Å². The van der Waals surface area contributed by atoms with E-state index in [2.05, 4.69) is 0 Å². The molecular formula is C32H24N2O8. The molecule has 0 saturated heterocycles. The highest BCUT2D eigenvalue weighted by Crippen LogP contribution is 2.22. The van der Waals surface area contributed by atoms with Crippen molar-refractivity contribution in [1.29, 1.82) is 0 Å². The number of rotatable bonds is 11. The number of nitro benzene ring substituents is 2. The first-order valence-electron chi connectivity index (χ1n) is 12.6. The number of benzene rings is 4. The van der Waals surface area contributed by atoms with Crippen molar-refractivity contribution in [2.45, 2.75) is 0 Å². The predicted octanol–water partition coefficient (Wildman–Crippen LogP) is 6.68. The van der Waals surface area contributed by atoms with Crippen LogP contribution in [0.1, 0.15) is 31.8 Å². The van der Waals surface area contributed by atoms with E-state index in [-0.39, 0.29) is 35.7 Å². The lowest BCUT2D eigenvalue weighted by molar-refractivity contribution is -0.385. The van der Waals surface area contributed by atoms with E-state index in [1.807, 2.05) is 60.7 Å². The van der Waals surface area contributed by atoms with Gasteiger partial charge in [0.25, 0.3) is 11.4 Å². The molecule has 0 heterocycles. The van der Waals surface area contributed by atoms with Gasteiger partial charge in [0.1, 0.15) is 13.2 Å². The van der Waals surface area contributed by atoms with Crippen molar-refractivity contribution in [1.82, 2.24) is 0 Å². The lowest BCUT2D eigenvalue weighted by Gasteiger charge is -2.15. The first-order valence-corrected chi connectivity index (χ1v) is 12.6. The molecule has 4 aromatic carbocycles. The van der Waals surface area contributed by atoms with Crippen molar-refractivity contribution in [2.24, 2.45) is 0 Å². The Balaban J connectivity index is 1.62. The van der Waals surface area contributed by atoms with Gasteiger partial charge in [0.15, 0.2) is 0 Å². The third-order valence-electron chi connectivity index (χ3n) is 6.04. The third-order valence-corrected chi connectivity index (χ3v) is 6.04. The Morgan fingerprint density at radius 1 is 0.548 bits per heavy atom. The quantitative estimate of drug-likeness (QED) is 0.0850. The summed E-state index contributed by atoms with van der Waals surface area (Å²) in [6.07, 6.45) is 3.61. The molecule has 10 heteroatoms. The number of hydrogen-bond acceptors (Lipinski definition) is 8. The van der Waals surface area contributed by atoms with Gasteiger partial charge >= 0.3 is 11.9 Å². The second-order valence-electron chi connectivity index (χ2n) is 8.92. The molecule has 0 aliphatic rings. The minimum Gasteiger partial charge on any atom is -0.457 e. The maximum atomic E-state index is 12.8. The van der Waals surface area contributed by atoms with Gasteiger partial charge in [-0.1, -0.05) is 60.7 Å². The average molecular weight is 565 g/mol. The Bertz CT molecular complexity index is 1500. The monoisotopic (exact) mass is 564 g/mol. The van der Waals surface area contributed by atoms with E-state index in [1.165, 1.54) is 48.5 Å². The summed E-state index contributed by atoms with van der Waals surface area (Å²) < 4.78 is 11.2. The summed E-state index contributed by atoms with van der Waals surface area (Å²) >= 11 is 0. The molecule has 0 atom stereocenters. The molecule has 42 heavy (non-hydrogen) atoms. The van der Waals surface area contributed by atoms with Crippen LogP contribution in [-0.2, 0) is 9.47 Å². The number of non-ortho nitro benzene ring substituents is 2. The largest absolute Gasteiger partial charge is 0.457 e. The highest BCUT2D eigenvalue weighted by Gasteiger charge is 2.17. The van der Waals surface area contributed by atoms with Crippen LogP contribution in [0, 0.1) is 20.2 Å². The summed E-state index contributed by atoms with van der Waals surface area (Å²) in [6, 6.07) is 28.7. The summed E-state index contributed by atoms with van der Waals surface area (Å²) in [6.45, 7) is -0.392. The van der Waals surface area contributed by atoms with Crippen LogP contribution in [0.4, 0.5) is 11.4 Å². The normalized spacial score (nSPS) is 11.4. The minimum atomic E-state index is -0.689. The SMILES string of the molecule is O=C(OCC(=C/c1ccccc1)/C(=C\c1ccccc1)COC(=O)c1ccc([N+](=O)[O-])cc1)c1ccc([N+](=O)[O-])cc1. The fourth-order valence-electron chi connectivity index (χ4n) is 3.85. The van der Waals surface area contributed by atoms with Gasteiger partial charge in [-0.3, -0.25) is 20.2 Å². The van der Waals surface area contributed by atoms with E-state index >= 15 is 0 Å². The lowest BCUT2D eigenvalue weighted by atomic mass is 10.0. The number of nitro groups is 2. The van der Waals surface area contributed by atoms with Crippen LogP contribution in [0.25, 0.3) is 12.2 Å². The van der Waals surface area contributed by atoms with Crippen LogP contribution < -0.4 is 0 Å². The Morgan fingerprint density at radius 2 is 0.881 bits per heavy atom. The second-order valence-corrected chi connectivity index (χ2v) is 8.92. The Hall–Kier alpha value is -5.90. The molecule has 0 aromatic heterocycles. The smallest absolute Gasteiger partial charge is 0.338 e. The van der Waals surface area contributed by atoms with E-state index < -0.39 is 21.8 Å². The highest BCUT2D eigenvalue weighted by atomic mass is 16.6. The fraction of sp³-hybridized carbons (Fsp3) is 0.0625. The van der Waals surface area contributed by atoms with Crippen molar-refractivity contribution >= 4 is 35.5 Å². The summed E-state index contributed by atoms with van der Waals surface area (Å²) in [5.74, 6) is -1.38. The first kappa shape index (κ1) is 29.1. The average Bonchev–Trinajstić information content (AvgIpc) is 3.02. The predicted molar refractivity (Wildman–Crippen MR) is 156 cm³/mol. The van der Waals surface area contributed by atoms with Gasteiger partial charge < -0.3 is 9.47 Å². The van der Waals surface area contributed by atoms with E-state index in [0.29, 0.717) is 11.1 Å². The second kappa shape index (κ2) is 13.9. The minimum absolute atomic E-state index is 0.137. The van der Waals surface area contributed by atoms with Crippen LogP contribution in [0.5, 0.6) is 0 Å². The van der Waals surface area contributed by atoms with E-state index in [1.54, 1.807) is 12.2 Å². The summed E-state index contributed by atoms with van der Waals surface area (Å²) in [4.78, 5) is 46.4. The maximum Gasteiger partial charge on any atom is 0.338 e. The van der Waals surface area contributed by atoms with Crippen LogP contribution in [0.15, 0.2) is 120 Å². The van der Waals surface area contributed by atoms with Crippen molar-refractivity contribution in [3.8, 4) is 0 Å². The number of esters is 2. The molecule has 10 nitrogen and oxygen atoms in total. The number of ether oxygens (including phenoxy) is 2.